The predicted molar refractivity (Wildman–Crippen MR) is 115 cm³/mol. The lowest BCUT2D eigenvalue weighted by atomic mass is 10.2. The molecule has 6 nitrogen and oxygen atoms in total. The van der Waals surface area contributed by atoms with E-state index in [1.807, 2.05) is 48.5 Å². The summed E-state index contributed by atoms with van der Waals surface area (Å²) in [7, 11) is 0. The molecular formula is C22H22N4O2S. The fourth-order valence-electron chi connectivity index (χ4n) is 3.04. The van der Waals surface area contributed by atoms with Crippen molar-refractivity contribution in [2.45, 2.75) is 24.8 Å². The van der Waals surface area contributed by atoms with Crippen LogP contribution in [-0.4, -0.2) is 28.4 Å². The van der Waals surface area contributed by atoms with Gasteiger partial charge >= 0.3 is 0 Å². The molecule has 0 spiro atoms. The van der Waals surface area contributed by atoms with Crippen molar-refractivity contribution in [1.82, 2.24) is 15.4 Å². The first-order valence-electron chi connectivity index (χ1n) is 9.59. The first-order chi connectivity index (χ1) is 14.3. The maximum Gasteiger partial charge on any atom is 0.277 e. The third kappa shape index (κ3) is 4.51. The molecule has 0 atom stereocenters. The maximum absolute atomic E-state index is 5.80. The van der Waals surface area contributed by atoms with Crippen molar-refractivity contribution < 1.29 is 8.94 Å². The van der Waals surface area contributed by atoms with E-state index in [2.05, 4.69) is 46.2 Å². The van der Waals surface area contributed by atoms with Crippen LogP contribution >= 0.6 is 11.8 Å². The van der Waals surface area contributed by atoms with E-state index >= 15 is 0 Å². The van der Waals surface area contributed by atoms with Crippen molar-refractivity contribution >= 4 is 17.4 Å². The van der Waals surface area contributed by atoms with Gasteiger partial charge in [0.25, 0.3) is 5.22 Å². The highest BCUT2D eigenvalue weighted by Gasteiger charge is 2.12. The van der Waals surface area contributed by atoms with E-state index in [0.717, 1.165) is 35.7 Å². The van der Waals surface area contributed by atoms with E-state index < -0.39 is 0 Å². The lowest BCUT2D eigenvalue weighted by Crippen LogP contribution is -2.21. The van der Waals surface area contributed by atoms with Gasteiger partial charge in [-0.2, -0.15) is 0 Å². The molecule has 2 heterocycles. The highest BCUT2D eigenvalue weighted by atomic mass is 32.2. The number of benzene rings is 2. The molecule has 0 aliphatic heterocycles. The van der Waals surface area contributed by atoms with Crippen LogP contribution in [0.3, 0.4) is 0 Å². The van der Waals surface area contributed by atoms with Crippen molar-refractivity contribution in [3.63, 3.8) is 0 Å². The first-order valence-corrected chi connectivity index (χ1v) is 10.6. The van der Waals surface area contributed by atoms with E-state index in [4.69, 9.17) is 8.94 Å². The Labute approximate surface area is 173 Å². The fraction of sp³-hybridized carbons (Fsp3) is 0.227. The van der Waals surface area contributed by atoms with Gasteiger partial charge in [0.2, 0.25) is 5.89 Å². The number of anilines is 1. The largest absolute Gasteiger partial charge is 0.411 e. The van der Waals surface area contributed by atoms with Crippen LogP contribution < -0.4 is 4.90 Å². The Hall–Kier alpha value is -3.06. The third-order valence-corrected chi connectivity index (χ3v) is 5.46. The zero-order valence-electron chi connectivity index (χ0n) is 16.4. The highest BCUT2D eigenvalue weighted by Crippen LogP contribution is 2.28. The van der Waals surface area contributed by atoms with Crippen molar-refractivity contribution in [3.05, 3.63) is 66.4 Å². The van der Waals surface area contributed by atoms with Crippen LogP contribution in [0.15, 0.2) is 74.8 Å². The summed E-state index contributed by atoms with van der Waals surface area (Å²) in [6.07, 6.45) is 0. The van der Waals surface area contributed by atoms with Crippen LogP contribution in [0.5, 0.6) is 0 Å². The standard InChI is InChI=1S/C22H22N4O2S/c1-3-26(4-2)19-12-10-17(11-13-19)21-23-24-22(27-21)29-15-18-14-20(28-25-18)16-8-6-5-7-9-16/h5-14H,3-4,15H2,1-2H3. The SMILES string of the molecule is CCN(CC)c1ccc(-c2nnc(SCc3cc(-c4ccccc4)on3)o2)cc1. The molecule has 29 heavy (non-hydrogen) atoms. The minimum atomic E-state index is 0.511. The van der Waals surface area contributed by atoms with Crippen LogP contribution in [-0.2, 0) is 5.75 Å². The van der Waals surface area contributed by atoms with Crippen molar-refractivity contribution in [1.29, 1.82) is 0 Å². The predicted octanol–water partition coefficient (Wildman–Crippen LogP) is 5.53. The summed E-state index contributed by atoms with van der Waals surface area (Å²) in [6, 6.07) is 20.0. The average molecular weight is 407 g/mol. The summed E-state index contributed by atoms with van der Waals surface area (Å²) in [5, 5.41) is 12.9. The molecule has 0 aliphatic carbocycles. The van der Waals surface area contributed by atoms with Gasteiger partial charge in [0, 0.05) is 41.7 Å². The van der Waals surface area contributed by atoms with Crippen LogP contribution in [0.2, 0.25) is 0 Å². The molecule has 0 amide bonds. The molecule has 2 aromatic carbocycles. The lowest BCUT2D eigenvalue weighted by Gasteiger charge is -2.20. The van der Waals surface area contributed by atoms with Gasteiger partial charge < -0.3 is 13.8 Å². The Bertz CT molecular complexity index is 1040. The number of hydrogen-bond acceptors (Lipinski definition) is 7. The minimum absolute atomic E-state index is 0.511. The van der Waals surface area contributed by atoms with E-state index in [1.54, 1.807) is 0 Å². The minimum Gasteiger partial charge on any atom is -0.411 e. The molecule has 0 unspecified atom stereocenters. The van der Waals surface area contributed by atoms with Gasteiger partial charge in [-0.3, -0.25) is 0 Å². The summed E-state index contributed by atoms with van der Waals surface area (Å²) in [5.74, 6) is 1.86. The number of rotatable bonds is 8. The average Bonchev–Trinajstić information content (AvgIpc) is 3.44. The van der Waals surface area contributed by atoms with Gasteiger partial charge in [0.15, 0.2) is 5.76 Å². The second-order valence-corrected chi connectivity index (χ2v) is 7.36. The quantitative estimate of drug-likeness (QED) is 0.356. The van der Waals surface area contributed by atoms with Crippen molar-refractivity contribution in [2.75, 3.05) is 18.0 Å². The summed E-state index contributed by atoms with van der Waals surface area (Å²) in [5.41, 5.74) is 3.93. The van der Waals surface area contributed by atoms with Crippen LogP contribution in [0, 0.1) is 0 Å². The molecule has 0 fully saturated rings. The molecule has 4 rings (SSSR count). The Morgan fingerprint density at radius 1 is 0.897 bits per heavy atom. The summed E-state index contributed by atoms with van der Waals surface area (Å²) in [4.78, 5) is 2.29. The maximum atomic E-state index is 5.80. The zero-order valence-corrected chi connectivity index (χ0v) is 17.2. The second-order valence-electron chi connectivity index (χ2n) is 6.43. The number of thioether (sulfide) groups is 1. The number of hydrogen-bond donors (Lipinski definition) is 0. The van der Waals surface area contributed by atoms with Crippen LogP contribution in [0.1, 0.15) is 19.5 Å². The number of nitrogens with zero attached hydrogens (tertiary/aromatic N) is 4. The van der Waals surface area contributed by atoms with Gasteiger partial charge in [-0.1, -0.05) is 47.3 Å². The summed E-state index contributed by atoms with van der Waals surface area (Å²) >= 11 is 1.44. The van der Waals surface area contributed by atoms with E-state index in [0.29, 0.717) is 16.9 Å². The molecular weight excluding hydrogens is 384 g/mol. The van der Waals surface area contributed by atoms with Gasteiger partial charge in [-0.25, -0.2) is 0 Å². The normalized spacial score (nSPS) is 11.0. The Morgan fingerprint density at radius 3 is 2.38 bits per heavy atom. The van der Waals surface area contributed by atoms with E-state index in [1.165, 1.54) is 17.4 Å². The Kier molecular flexibility index (Phi) is 5.95. The summed E-state index contributed by atoms with van der Waals surface area (Å²) in [6.45, 7) is 6.25. The highest BCUT2D eigenvalue weighted by molar-refractivity contribution is 7.98. The van der Waals surface area contributed by atoms with Gasteiger partial charge in [0.05, 0.1) is 5.69 Å². The second kappa shape index (κ2) is 8.96. The lowest BCUT2D eigenvalue weighted by molar-refractivity contribution is 0.426. The smallest absolute Gasteiger partial charge is 0.277 e. The van der Waals surface area contributed by atoms with Crippen molar-refractivity contribution in [2.24, 2.45) is 0 Å². The van der Waals surface area contributed by atoms with Crippen LogP contribution in [0.4, 0.5) is 5.69 Å². The third-order valence-electron chi connectivity index (χ3n) is 4.61. The van der Waals surface area contributed by atoms with Gasteiger partial charge in [-0.05, 0) is 38.1 Å². The molecule has 148 valence electrons. The van der Waals surface area contributed by atoms with Gasteiger partial charge in [-0.15, -0.1) is 10.2 Å². The molecule has 0 radical (unpaired) electrons. The first kappa shape index (κ1) is 19.3. The Balaban J connectivity index is 1.39. The fourth-order valence-corrected chi connectivity index (χ4v) is 3.69. The molecule has 2 aromatic heterocycles. The van der Waals surface area contributed by atoms with E-state index in [9.17, 15) is 0 Å². The molecule has 7 heteroatoms. The molecule has 0 saturated heterocycles. The molecule has 0 N–H and O–H groups in total. The van der Waals surface area contributed by atoms with E-state index in [-0.39, 0.29) is 0 Å². The molecule has 0 bridgehead atoms. The topological polar surface area (TPSA) is 68.2 Å². The van der Waals surface area contributed by atoms with Gasteiger partial charge in [0.1, 0.15) is 0 Å². The zero-order chi connectivity index (χ0) is 20.1. The monoisotopic (exact) mass is 406 g/mol. The number of aromatic nitrogens is 3. The Morgan fingerprint density at radius 2 is 1.66 bits per heavy atom. The summed E-state index contributed by atoms with van der Waals surface area (Å²) < 4.78 is 11.2. The molecule has 4 aromatic rings. The molecule has 0 aliphatic rings. The molecule has 0 saturated carbocycles. The van der Waals surface area contributed by atoms with Crippen LogP contribution in [0.25, 0.3) is 22.8 Å². The van der Waals surface area contributed by atoms with Crippen molar-refractivity contribution in [3.8, 4) is 22.8 Å².